The molecular weight excluding hydrogens is 253 g/mol. The van der Waals surface area contributed by atoms with Crippen LogP contribution >= 0.6 is 11.3 Å². The van der Waals surface area contributed by atoms with E-state index in [0.29, 0.717) is 18.1 Å². The van der Waals surface area contributed by atoms with Crippen molar-refractivity contribution in [3.05, 3.63) is 22.4 Å². The van der Waals surface area contributed by atoms with Gasteiger partial charge < -0.3 is 14.7 Å². The van der Waals surface area contributed by atoms with Crippen LogP contribution in [0, 0.1) is 0 Å². The summed E-state index contributed by atoms with van der Waals surface area (Å²) in [6, 6.07) is 3.45. The zero-order valence-corrected chi connectivity index (χ0v) is 12.7. The quantitative estimate of drug-likeness (QED) is 0.348. The smallest absolute Gasteiger partial charge is 0.359 e. The number of thiophene rings is 1. The Hall–Kier alpha value is -0.400. The molecule has 89 valence electrons. The Labute approximate surface area is 126 Å². The van der Waals surface area contributed by atoms with E-state index in [2.05, 4.69) is 5.16 Å². The van der Waals surface area contributed by atoms with Crippen molar-refractivity contribution in [3.8, 4) is 0 Å². The number of rotatable bonds is 7. The van der Waals surface area contributed by atoms with Gasteiger partial charge in [-0.3, -0.25) is 0 Å². The van der Waals surface area contributed by atoms with Gasteiger partial charge in [0, 0.05) is 36.2 Å². The first kappa shape index (κ1) is 16.6. The molecule has 0 unspecified atom stereocenters. The first-order valence-corrected chi connectivity index (χ1v) is 5.68. The SMILES string of the molecule is CCOCCON=C(C(=O)O)c1cccs1.[Na]. The van der Waals surface area contributed by atoms with Crippen molar-refractivity contribution in [2.45, 2.75) is 6.92 Å². The van der Waals surface area contributed by atoms with Gasteiger partial charge in [0.2, 0.25) is 5.71 Å². The van der Waals surface area contributed by atoms with Crippen LogP contribution in [0.15, 0.2) is 22.7 Å². The van der Waals surface area contributed by atoms with Crippen molar-refractivity contribution < 1.29 is 19.5 Å². The average Bonchev–Trinajstić information content (AvgIpc) is 2.76. The zero-order chi connectivity index (χ0) is 11.8. The van der Waals surface area contributed by atoms with Crippen molar-refractivity contribution in [2.75, 3.05) is 19.8 Å². The predicted octanol–water partition coefficient (Wildman–Crippen LogP) is 1.21. The fraction of sp³-hybridized carbons (Fsp3) is 0.400. The molecular formula is C10H13NNaO4S. The van der Waals surface area contributed by atoms with E-state index >= 15 is 0 Å². The molecule has 7 heteroatoms. The van der Waals surface area contributed by atoms with Crippen molar-refractivity contribution in [2.24, 2.45) is 5.16 Å². The van der Waals surface area contributed by atoms with Gasteiger partial charge in [-0.05, 0) is 18.4 Å². The maximum absolute atomic E-state index is 10.9. The molecule has 0 saturated carbocycles. The van der Waals surface area contributed by atoms with Crippen molar-refractivity contribution in [1.82, 2.24) is 0 Å². The van der Waals surface area contributed by atoms with E-state index in [-0.39, 0.29) is 41.9 Å². The fourth-order valence-corrected chi connectivity index (χ4v) is 1.65. The van der Waals surface area contributed by atoms with Crippen LogP contribution in [0.4, 0.5) is 0 Å². The van der Waals surface area contributed by atoms with Gasteiger partial charge in [0.15, 0.2) is 0 Å². The minimum atomic E-state index is -1.10. The molecule has 0 bridgehead atoms. The van der Waals surface area contributed by atoms with Crippen LogP contribution in [0.3, 0.4) is 0 Å². The van der Waals surface area contributed by atoms with Crippen LogP contribution in [-0.4, -0.2) is 66.2 Å². The van der Waals surface area contributed by atoms with Gasteiger partial charge in [-0.1, -0.05) is 11.2 Å². The van der Waals surface area contributed by atoms with E-state index in [1.807, 2.05) is 6.92 Å². The molecule has 0 saturated heterocycles. The van der Waals surface area contributed by atoms with Gasteiger partial charge >= 0.3 is 5.97 Å². The Kier molecular flexibility index (Phi) is 9.39. The zero-order valence-electron chi connectivity index (χ0n) is 9.88. The van der Waals surface area contributed by atoms with Gasteiger partial charge in [-0.15, -0.1) is 11.3 Å². The second-order valence-electron chi connectivity index (χ2n) is 2.75. The Balaban J connectivity index is 0.00000256. The van der Waals surface area contributed by atoms with Crippen LogP contribution in [0.25, 0.3) is 0 Å². The number of nitrogens with zero attached hydrogens (tertiary/aromatic N) is 1. The molecule has 1 rings (SSSR count). The van der Waals surface area contributed by atoms with E-state index in [1.165, 1.54) is 11.3 Å². The van der Waals surface area contributed by atoms with Crippen molar-refractivity contribution in [3.63, 3.8) is 0 Å². The number of ether oxygens (including phenoxy) is 1. The molecule has 17 heavy (non-hydrogen) atoms. The number of aliphatic carboxylic acids is 1. The predicted molar refractivity (Wildman–Crippen MR) is 66.7 cm³/mol. The summed E-state index contributed by atoms with van der Waals surface area (Å²) in [6.07, 6.45) is 0. The number of carboxylic acid groups (broad SMARTS) is 1. The summed E-state index contributed by atoms with van der Waals surface area (Å²) in [6.45, 7) is 3.12. The van der Waals surface area contributed by atoms with E-state index < -0.39 is 5.97 Å². The first-order chi connectivity index (χ1) is 7.75. The largest absolute Gasteiger partial charge is 0.476 e. The molecule has 0 atom stereocenters. The molecule has 0 aliphatic rings. The number of carbonyl (C=O) groups is 1. The van der Waals surface area contributed by atoms with Crippen LogP contribution in [0.5, 0.6) is 0 Å². The molecule has 1 aromatic rings. The Morgan fingerprint density at radius 1 is 1.53 bits per heavy atom. The van der Waals surface area contributed by atoms with Crippen LogP contribution in [0.2, 0.25) is 0 Å². The third-order valence-electron chi connectivity index (χ3n) is 1.64. The maximum atomic E-state index is 10.9. The fourth-order valence-electron chi connectivity index (χ4n) is 0.953. The molecule has 0 spiro atoms. The minimum absolute atomic E-state index is 0. The third-order valence-corrected chi connectivity index (χ3v) is 2.51. The monoisotopic (exact) mass is 266 g/mol. The normalized spacial score (nSPS) is 10.8. The summed E-state index contributed by atoms with van der Waals surface area (Å²) < 4.78 is 5.03. The van der Waals surface area contributed by atoms with Crippen molar-refractivity contribution >= 4 is 52.6 Å². The summed E-state index contributed by atoms with van der Waals surface area (Å²) in [5, 5.41) is 14.3. The van der Waals surface area contributed by atoms with Crippen LogP contribution in [-0.2, 0) is 14.4 Å². The number of oxime groups is 1. The minimum Gasteiger partial charge on any atom is -0.476 e. The topological polar surface area (TPSA) is 68.1 Å². The summed E-state index contributed by atoms with van der Waals surface area (Å²) in [7, 11) is 0. The van der Waals surface area contributed by atoms with E-state index in [9.17, 15) is 4.79 Å². The summed E-state index contributed by atoms with van der Waals surface area (Å²) >= 11 is 1.30. The van der Waals surface area contributed by atoms with Gasteiger partial charge in [0.05, 0.1) is 11.5 Å². The third kappa shape index (κ3) is 6.18. The molecule has 1 N–H and O–H groups in total. The Morgan fingerprint density at radius 3 is 2.82 bits per heavy atom. The molecule has 0 aromatic carbocycles. The molecule has 0 amide bonds. The van der Waals surface area contributed by atoms with E-state index in [1.54, 1.807) is 17.5 Å². The van der Waals surface area contributed by atoms with Gasteiger partial charge in [-0.2, -0.15) is 0 Å². The molecule has 1 radical (unpaired) electrons. The van der Waals surface area contributed by atoms with Crippen molar-refractivity contribution in [1.29, 1.82) is 0 Å². The van der Waals surface area contributed by atoms with Gasteiger partial charge in [0.1, 0.15) is 6.61 Å². The summed E-state index contributed by atoms with van der Waals surface area (Å²) in [5.74, 6) is -1.10. The molecule has 1 heterocycles. The molecule has 0 fully saturated rings. The van der Waals surface area contributed by atoms with Crippen LogP contribution < -0.4 is 0 Å². The van der Waals surface area contributed by atoms with Gasteiger partial charge in [-0.25, -0.2) is 4.79 Å². The number of hydrogen-bond donors (Lipinski definition) is 1. The average molecular weight is 266 g/mol. The summed E-state index contributed by atoms with van der Waals surface area (Å²) in [4.78, 5) is 16.3. The molecule has 0 aliphatic carbocycles. The Bertz CT molecular complexity index is 353. The first-order valence-electron chi connectivity index (χ1n) is 4.80. The van der Waals surface area contributed by atoms with Gasteiger partial charge in [0.25, 0.3) is 0 Å². The molecule has 1 aromatic heterocycles. The Morgan fingerprint density at radius 2 is 2.29 bits per heavy atom. The molecule has 5 nitrogen and oxygen atoms in total. The second kappa shape index (κ2) is 9.61. The standard InChI is InChI=1S/C10H13NO4S.Na/c1-2-14-5-6-15-11-9(10(12)13)8-4-3-7-16-8;/h3-4,7H,2,5-6H2,1H3,(H,12,13);. The second-order valence-corrected chi connectivity index (χ2v) is 3.70. The van der Waals surface area contributed by atoms with E-state index in [4.69, 9.17) is 14.7 Å². The number of carboxylic acids is 1. The van der Waals surface area contributed by atoms with Crippen LogP contribution in [0.1, 0.15) is 11.8 Å². The number of hydrogen-bond acceptors (Lipinski definition) is 5. The molecule has 0 aliphatic heterocycles. The van der Waals surface area contributed by atoms with E-state index in [0.717, 1.165) is 0 Å². The summed E-state index contributed by atoms with van der Waals surface area (Å²) in [5.41, 5.74) is -0.0773. The maximum Gasteiger partial charge on any atom is 0.359 e.